The molecule has 1 atom stereocenters. The summed E-state index contributed by atoms with van der Waals surface area (Å²) in [6.45, 7) is 3.38. The van der Waals surface area contributed by atoms with Gasteiger partial charge in [0.05, 0.1) is 17.5 Å². The van der Waals surface area contributed by atoms with Crippen LogP contribution in [0.15, 0.2) is 40.6 Å². The first-order valence-corrected chi connectivity index (χ1v) is 8.56. The van der Waals surface area contributed by atoms with E-state index in [-0.39, 0.29) is 17.5 Å². The Bertz CT molecular complexity index is 678. The van der Waals surface area contributed by atoms with Crippen LogP contribution in [-0.2, 0) is 16.6 Å². The maximum Gasteiger partial charge on any atom is 0.241 e. The Hall–Kier alpha value is -1.21. The lowest BCUT2D eigenvalue weighted by Crippen LogP contribution is -2.27. The molecule has 0 amide bonds. The summed E-state index contributed by atoms with van der Waals surface area (Å²) in [4.78, 5) is 1.18. The fourth-order valence-electron chi connectivity index (χ4n) is 1.92. The second kappa shape index (κ2) is 6.05. The van der Waals surface area contributed by atoms with E-state index >= 15 is 0 Å². The van der Waals surface area contributed by atoms with Crippen LogP contribution in [0.25, 0.3) is 0 Å². The lowest BCUT2D eigenvalue weighted by molar-refractivity contribution is 0.281. The SMILES string of the molecule is Cc1ccc(CO)cc1S(=O)(=O)NC(C)c1cccs1. The fourth-order valence-corrected chi connectivity index (χ4v) is 4.25. The van der Waals surface area contributed by atoms with Crippen LogP contribution in [0.1, 0.15) is 29.0 Å². The van der Waals surface area contributed by atoms with Gasteiger partial charge in [-0.2, -0.15) is 0 Å². The van der Waals surface area contributed by atoms with Crippen molar-refractivity contribution in [3.8, 4) is 0 Å². The zero-order chi connectivity index (χ0) is 14.8. The predicted octanol–water partition coefficient (Wildman–Crippen LogP) is 2.59. The van der Waals surface area contributed by atoms with Crippen molar-refractivity contribution in [3.05, 3.63) is 51.7 Å². The van der Waals surface area contributed by atoms with Gasteiger partial charge in [-0.25, -0.2) is 13.1 Å². The molecular formula is C14H17NO3S2. The molecule has 0 bridgehead atoms. The molecule has 2 rings (SSSR count). The van der Waals surface area contributed by atoms with Gasteiger partial charge in [0.15, 0.2) is 0 Å². The molecule has 4 nitrogen and oxygen atoms in total. The zero-order valence-electron chi connectivity index (χ0n) is 11.3. The highest BCUT2D eigenvalue weighted by molar-refractivity contribution is 7.89. The highest BCUT2D eigenvalue weighted by atomic mass is 32.2. The molecule has 0 aliphatic heterocycles. The van der Waals surface area contributed by atoms with E-state index in [1.54, 1.807) is 19.1 Å². The molecule has 0 aliphatic rings. The number of nitrogens with one attached hydrogen (secondary N) is 1. The topological polar surface area (TPSA) is 66.4 Å². The normalized spacial score (nSPS) is 13.3. The van der Waals surface area contributed by atoms with E-state index in [4.69, 9.17) is 5.11 Å². The van der Waals surface area contributed by atoms with E-state index < -0.39 is 10.0 Å². The summed E-state index contributed by atoms with van der Waals surface area (Å²) in [6, 6.07) is 8.44. The van der Waals surface area contributed by atoms with Gasteiger partial charge < -0.3 is 5.11 Å². The first kappa shape index (κ1) is 15.2. The smallest absolute Gasteiger partial charge is 0.241 e. The lowest BCUT2D eigenvalue weighted by Gasteiger charge is -2.15. The van der Waals surface area contributed by atoms with Crippen molar-refractivity contribution in [1.82, 2.24) is 4.72 Å². The molecule has 108 valence electrons. The van der Waals surface area contributed by atoms with Gasteiger partial charge in [0, 0.05) is 4.88 Å². The summed E-state index contributed by atoms with van der Waals surface area (Å²) >= 11 is 1.51. The van der Waals surface area contributed by atoms with Gasteiger partial charge in [0.25, 0.3) is 0 Å². The third-order valence-electron chi connectivity index (χ3n) is 3.03. The van der Waals surface area contributed by atoms with Gasteiger partial charge in [0.2, 0.25) is 10.0 Å². The Kier molecular flexibility index (Phi) is 4.59. The zero-order valence-corrected chi connectivity index (χ0v) is 13.0. The van der Waals surface area contributed by atoms with Crippen LogP contribution in [0.3, 0.4) is 0 Å². The summed E-state index contributed by atoms with van der Waals surface area (Å²) < 4.78 is 27.5. The highest BCUT2D eigenvalue weighted by Crippen LogP contribution is 2.23. The van der Waals surface area contributed by atoms with Crippen molar-refractivity contribution in [2.75, 3.05) is 0 Å². The van der Waals surface area contributed by atoms with Gasteiger partial charge in [-0.15, -0.1) is 11.3 Å². The molecule has 0 aliphatic carbocycles. The van der Waals surface area contributed by atoms with Gasteiger partial charge in [0.1, 0.15) is 0 Å². The summed E-state index contributed by atoms with van der Waals surface area (Å²) in [5, 5.41) is 11.1. The molecule has 0 saturated carbocycles. The molecule has 1 heterocycles. The van der Waals surface area contributed by atoms with Crippen LogP contribution in [0.2, 0.25) is 0 Å². The standard InChI is InChI=1S/C14H17NO3S2/c1-10-5-6-12(9-16)8-14(10)20(17,18)15-11(2)13-4-3-7-19-13/h3-8,11,15-16H,9H2,1-2H3. The minimum absolute atomic E-state index is 0.177. The van der Waals surface area contributed by atoms with Gasteiger partial charge >= 0.3 is 0 Å². The predicted molar refractivity (Wildman–Crippen MR) is 80.2 cm³/mol. The Morgan fingerprint density at radius 3 is 2.70 bits per heavy atom. The van der Waals surface area contributed by atoms with Crippen molar-refractivity contribution >= 4 is 21.4 Å². The van der Waals surface area contributed by atoms with Gasteiger partial charge in [-0.3, -0.25) is 0 Å². The Morgan fingerprint density at radius 1 is 1.35 bits per heavy atom. The Morgan fingerprint density at radius 2 is 2.10 bits per heavy atom. The van der Waals surface area contributed by atoms with Crippen molar-refractivity contribution in [3.63, 3.8) is 0 Å². The minimum atomic E-state index is -3.60. The number of hydrogen-bond acceptors (Lipinski definition) is 4. The molecule has 6 heteroatoms. The number of aliphatic hydroxyl groups is 1. The van der Waals surface area contributed by atoms with Crippen LogP contribution >= 0.6 is 11.3 Å². The summed E-state index contributed by atoms with van der Waals surface area (Å²) in [5.74, 6) is 0. The molecule has 0 fully saturated rings. The van der Waals surface area contributed by atoms with Crippen LogP contribution < -0.4 is 4.72 Å². The first-order chi connectivity index (χ1) is 9.44. The van der Waals surface area contributed by atoms with E-state index in [1.807, 2.05) is 24.4 Å². The summed E-state index contributed by atoms with van der Waals surface area (Å²) in [5.41, 5.74) is 1.24. The van der Waals surface area contributed by atoms with E-state index in [9.17, 15) is 8.42 Å². The molecule has 2 N–H and O–H groups in total. The number of sulfonamides is 1. The molecule has 20 heavy (non-hydrogen) atoms. The molecule has 0 spiro atoms. The number of thiophene rings is 1. The van der Waals surface area contributed by atoms with Crippen molar-refractivity contribution in [2.24, 2.45) is 0 Å². The molecule has 2 aromatic rings. The van der Waals surface area contributed by atoms with Gasteiger partial charge in [-0.05, 0) is 42.5 Å². The van der Waals surface area contributed by atoms with Crippen molar-refractivity contribution in [2.45, 2.75) is 31.4 Å². The number of aryl methyl sites for hydroxylation is 1. The largest absolute Gasteiger partial charge is 0.392 e. The van der Waals surface area contributed by atoms with Crippen LogP contribution in [0.4, 0.5) is 0 Å². The lowest BCUT2D eigenvalue weighted by atomic mass is 10.2. The maximum atomic E-state index is 12.4. The molecule has 0 saturated heterocycles. The van der Waals surface area contributed by atoms with Gasteiger partial charge in [-0.1, -0.05) is 18.2 Å². The Labute approximate surface area is 123 Å². The highest BCUT2D eigenvalue weighted by Gasteiger charge is 2.21. The van der Waals surface area contributed by atoms with Crippen LogP contribution in [0.5, 0.6) is 0 Å². The summed E-state index contributed by atoms with van der Waals surface area (Å²) in [7, 11) is -3.60. The Balaban J connectivity index is 2.31. The minimum Gasteiger partial charge on any atom is -0.392 e. The number of hydrogen-bond donors (Lipinski definition) is 2. The molecule has 1 unspecified atom stereocenters. The molecule has 1 aromatic heterocycles. The average Bonchev–Trinajstić information content (AvgIpc) is 2.92. The molecule has 1 aromatic carbocycles. The third-order valence-corrected chi connectivity index (χ3v) is 5.76. The number of rotatable bonds is 5. The van der Waals surface area contributed by atoms with E-state index in [0.29, 0.717) is 11.1 Å². The van der Waals surface area contributed by atoms with E-state index in [1.165, 1.54) is 17.4 Å². The monoisotopic (exact) mass is 311 g/mol. The second-order valence-electron chi connectivity index (χ2n) is 4.62. The quantitative estimate of drug-likeness (QED) is 0.892. The maximum absolute atomic E-state index is 12.4. The second-order valence-corrected chi connectivity index (χ2v) is 7.28. The van der Waals surface area contributed by atoms with Crippen LogP contribution in [0, 0.1) is 6.92 Å². The molecule has 0 radical (unpaired) electrons. The molecular weight excluding hydrogens is 294 g/mol. The van der Waals surface area contributed by atoms with Crippen LogP contribution in [-0.4, -0.2) is 13.5 Å². The fraction of sp³-hybridized carbons (Fsp3) is 0.286. The third kappa shape index (κ3) is 3.27. The van der Waals surface area contributed by atoms with E-state index in [0.717, 1.165) is 4.88 Å². The van der Waals surface area contributed by atoms with Crippen molar-refractivity contribution < 1.29 is 13.5 Å². The number of aliphatic hydroxyl groups excluding tert-OH is 1. The summed E-state index contributed by atoms with van der Waals surface area (Å²) in [6.07, 6.45) is 0. The average molecular weight is 311 g/mol. The number of benzene rings is 1. The first-order valence-electron chi connectivity index (χ1n) is 6.20. The van der Waals surface area contributed by atoms with Crippen molar-refractivity contribution in [1.29, 1.82) is 0 Å². The van der Waals surface area contributed by atoms with E-state index in [2.05, 4.69) is 4.72 Å².